The highest BCUT2D eigenvalue weighted by Gasteiger charge is 2.53. The fourth-order valence-corrected chi connectivity index (χ4v) is 9.64. The van der Waals surface area contributed by atoms with Gasteiger partial charge in [-0.3, -0.25) is 19.2 Å². The summed E-state index contributed by atoms with van der Waals surface area (Å²) < 4.78 is 23.2. The number of methoxy groups -OCH3 is 2. The summed E-state index contributed by atoms with van der Waals surface area (Å²) in [6.07, 6.45) is 6.22. The summed E-state index contributed by atoms with van der Waals surface area (Å²) in [6, 6.07) is -1.16. The predicted octanol–water partition coefficient (Wildman–Crippen LogP) is 6.00. The average molecular weight is 904 g/mol. The van der Waals surface area contributed by atoms with Crippen LogP contribution in [0.4, 0.5) is 0 Å². The number of nitrogens with zero attached hydrogens (tertiary/aromatic N) is 1. The van der Waals surface area contributed by atoms with Crippen LogP contribution in [-0.2, 0) is 42.9 Å². The molecule has 0 aromatic carbocycles. The first-order valence-corrected chi connectivity index (χ1v) is 23.7. The van der Waals surface area contributed by atoms with Crippen LogP contribution in [0.25, 0.3) is 0 Å². The number of carbonyl (C=O) groups is 5. The standard InChI is InChI=1S/C50H81NO13/c1-12-13-16-30(4)40(53)27-37-20-18-35(9)50(60,64-37)47(57)48(58)51-22-15-14-17-38(51)49(59)63-42(32(6)25-36-19-21-39(52)43(26-36)61-10)28-41(54)31(5)24-34(8)45(56)46(62-11)44(55)33(7)23-29(2)3/h12-13,16,24,29,31-33,35-40,42-43,45-46,52-53,56,60H,14-15,17-23,25-28H2,1-11H3/b13-12+,30-16+,34-24+/t31-,32-,33-,35-,36?,37+,38?,39-,40+,42+,43-,45-,46+,50-/m1/s1. The Labute approximate surface area is 382 Å². The van der Waals surface area contributed by atoms with Crippen molar-refractivity contribution in [2.24, 2.45) is 35.5 Å². The van der Waals surface area contributed by atoms with Crippen LogP contribution in [0.2, 0.25) is 0 Å². The van der Waals surface area contributed by atoms with Gasteiger partial charge in [-0.25, -0.2) is 4.79 Å². The van der Waals surface area contributed by atoms with Crippen molar-refractivity contribution < 1.29 is 63.3 Å². The Morgan fingerprint density at radius 2 is 1.61 bits per heavy atom. The fourth-order valence-electron chi connectivity index (χ4n) is 9.64. The van der Waals surface area contributed by atoms with Crippen LogP contribution in [0.3, 0.4) is 0 Å². The van der Waals surface area contributed by atoms with E-state index in [2.05, 4.69) is 0 Å². The number of hydrogen-bond donors (Lipinski definition) is 4. The zero-order chi connectivity index (χ0) is 48.1. The van der Waals surface area contributed by atoms with E-state index < -0.39 is 77.9 Å². The lowest BCUT2D eigenvalue weighted by atomic mass is 9.78. The summed E-state index contributed by atoms with van der Waals surface area (Å²) in [4.78, 5) is 70.9. The Kier molecular flexibility index (Phi) is 22.2. The molecule has 0 aromatic heterocycles. The van der Waals surface area contributed by atoms with Gasteiger partial charge in [-0.2, -0.15) is 0 Å². The number of esters is 1. The Bertz CT molecular complexity index is 1660. The molecule has 2 saturated heterocycles. The Hall–Kier alpha value is -3.11. The summed E-state index contributed by atoms with van der Waals surface area (Å²) in [5, 5.41) is 44.3. The van der Waals surface area contributed by atoms with Crippen molar-refractivity contribution in [2.45, 2.75) is 194 Å². The number of Topliss-reactive ketones (excluding diaryl/α,β-unsaturated/α-hetero) is 3. The van der Waals surface area contributed by atoms with Crippen molar-refractivity contribution in [2.75, 3.05) is 20.8 Å². The van der Waals surface area contributed by atoms with Crippen molar-refractivity contribution in [3.63, 3.8) is 0 Å². The molecule has 2 aliphatic heterocycles. The number of aliphatic hydroxyl groups excluding tert-OH is 3. The second-order valence-corrected chi connectivity index (χ2v) is 19.6. The molecule has 0 aromatic rings. The summed E-state index contributed by atoms with van der Waals surface area (Å²) in [6.45, 7) is 16.4. The topological polar surface area (TPSA) is 206 Å². The molecule has 3 rings (SSSR count). The van der Waals surface area contributed by atoms with Crippen molar-refractivity contribution in [1.29, 1.82) is 0 Å². The van der Waals surface area contributed by atoms with E-state index in [4.69, 9.17) is 18.9 Å². The zero-order valence-corrected chi connectivity index (χ0v) is 40.5. The van der Waals surface area contributed by atoms with Crippen molar-refractivity contribution in [3.8, 4) is 0 Å². The molecule has 364 valence electrons. The van der Waals surface area contributed by atoms with Crippen LogP contribution in [0.15, 0.2) is 35.5 Å². The van der Waals surface area contributed by atoms with Crippen molar-refractivity contribution in [1.82, 2.24) is 4.90 Å². The molecule has 64 heavy (non-hydrogen) atoms. The van der Waals surface area contributed by atoms with Gasteiger partial charge in [-0.15, -0.1) is 0 Å². The van der Waals surface area contributed by atoms with Crippen molar-refractivity contribution in [3.05, 3.63) is 35.5 Å². The van der Waals surface area contributed by atoms with E-state index in [0.717, 1.165) is 4.90 Å². The second kappa shape index (κ2) is 25.7. The fraction of sp³-hybridized carbons (Fsp3) is 0.780. The van der Waals surface area contributed by atoms with Gasteiger partial charge >= 0.3 is 5.97 Å². The largest absolute Gasteiger partial charge is 0.460 e. The minimum Gasteiger partial charge on any atom is -0.460 e. The van der Waals surface area contributed by atoms with Crippen LogP contribution >= 0.6 is 0 Å². The second-order valence-electron chi connectivity index (χ2n) is 19.6. The van der Waals surface area contributed by atoms with Gasteiger partial charge in [0.05, 0.1) is 24.4 Å². The first-order valence-electron chi connectivity index (χ1n) is 23.7. The number of amides is 1. The number of carbonyl (C=O) groups excluding carboxylic acids is 5. The van der Waals surface area contributed by atoms with E-state index >= 15 is 0 Å². The minimum atomic E-state index is -2.47. The van der Waals surface area contributed by atoms with Gasteiger partial charge in [0.2, 0.25) is 5.79 Å². The van der Waals surface area contributed by atoms with Gasteiger partial charge in [-0.05, 0) is 114 Å². The van der Waals surface area contributed by atoms with E-state index in [1.165, 1.54) is 7.11 Å². The summed E-state index contributed by atoms with van der Waals surface area (Å²) in [7, 11) is 2.93. The number of aliphatic hydroxyl groups is 4. The maximum atomic E-state index is 14.3. The molecule has 3 aliphatic rings. The maximum Gasteiger partial charge on any atom is 0.329 e. The maximum absolute atomic E-state index is 14.3. The van der Waals surface area contributed by atoms with Crippen LogP contribution in [0, 0.1) is 35.5 Å². The molecule has 4 N–H and O–H groups in total. The third kappa shape index (κ3) is 15.0. The van der Waals surface area contributed by atoms with Crippen LogP contribution in [0.1, 0.15) is 139 Å². The molecule has 1 aliphatic carbocycles. The average Bonchev–Trinajstić information content (AvgIpc) is 3.26. The number of piperidine rings is 1. The molecule has 2 heterocycles. The quantitative estimate of drug-likeness (QED) is 0.0403. The van der Waals surface area contributed by atoms with E-state index in [1.54, 1.807) is 53.0 Å². The normalized spacial score (nSPS) is 29.4. The van der Waals surface area contributed by atoms with E-state index in [9.17, 15) is 44.4 Å². The highest BCUT2D eigenvalue weighted by Crippen LogP contribution is 2.37. The molecule has 14 heteroatoms. The molecule has 1 amide bonds. The Balaban J connectivity index is 1.85. The molecule has 0 radical (unpaired) electrons. The molecule has 14 atom stereocenters. The Morgan fingerprint density at radius 1 is 0.922 bits per heavy atom. The van der Waals surface area contributed by atoms with Gasteiger partial charge in [0.15, 0.2) is 5.78 Å². The third-order valence-electron chi connectivity index (χ3n) is 13.9. The lowest BCUT2D eigenvalue weighted by molar-refractivity contribution is -0.265. The van der Waals surface area contributed by atoms with Gasteiger partial charge < -0.3 is 44.3 Å². The number of ether oxygens (including phenoxy) is 4. The number of ketones is 3. The number of rotatable bonds is 23. The molecule has 0 spiro atoms. The first-order chi connectivity index (χ1) is 30.1. The van der Waals surface area contributed by atoms with Gasteiger partial charge in [0.1, 0.15) is 30.1 Å². The Morgan fingerprint density at radius 3 is 2.23 bits per heavy atom. The lowest BCUT2D eigenvalue weighted by Crippen LogP contribution is -2.61. The third-order valence-corrected chi connectivity index (χ3v) is 13.9. The SMILES string of the molecule is C/C=C/C=C(\C)[C@@H](O)C[C@@H]1CC[C@@H](C)[C@](O)(C(=O)C(=O)N2CCCCC2C(=O)O[C@@H](CC(=O)[C@H](C)/C=C(\C)[C@@H](O)[C@@H](OC)C(=O)[C@H](C)CC(C)C)[C@H](C)CC2CC[C@@H](O)[C@H](OC)C2)O1. The molecule has 0 bridgehead atoms. The summed E-state index contributed by atoms with van der Waals surface area (Å²) in [5.74, 6) is -7.76. The van der Waals surface area contributed by atoms with E-state index in [0.29, 0.717) is 68.9 Å². The van der Waals surface area contributed by atoms with Crippen molar-refractivity contribution >= 4 is 29.2 Å². The lowest BCUT2D eigenvalue weighted by Gasteiger charge is -2.42. The van der Waals surface area contributed by atoms with Crippen LogP contribution in [0.5, 0.6) is 0 Å². The van der Waals surface area contributed by atoms with E-state index in [-0.39, 0.29) is 67.1 Å². The molecular formula is C50H81NO13. The van der Waals surface area contributed by atoms with Crippen LogP contribution in [-0.4, -0.2) is 130 Å². The molecular weight excluding hydrogens is 823 g/mol. The van der Waals surface area contributed by atoms with Gasteiger partial charge in [0, 0.05) is 51.4 Å². The monoisotopic (exact) mass is 904 g/mol. The molecule has 3 fully saturated rings. The highest BCUT2D eigenvalue weighted by molar-refractivity contribution is 6.39. The summed E-state index contributed by atoms with van der Waals surface area (Å²) in [5.41, 5.74) is 1.07. The van der Waals surface area contributed by atoms with Gasteiger partial charge in [0.25, 0.3) is 11.7 Å². The molecule has 1 saturated carbocycles. The summed E-state index contributed by atoms with van der Waals surface area (Å²) >= 11 is 0. The van der Waals surface area contributed by atoms with E-state index in [1.807, 2.05) is 40.7 Å². The minimum absolute atomic E-state index is 0.0679. The predicted molar refractivity (Wildman–Crippen MR) is 243 cm³/mol. The zero-order valence-electron chi connectivity index (χ0n) is 40.5. The first kappa shape index (κ1) is 55.2. The molecule has 14 nitrogen and oxygen atoms in total. The number of hydrogen-bond acceptors (Lipinski definition) is 13. The van der Waals surface area contributed by atoms with Gasteiger partial charge in [-0.1, -0.05) is 65.8 Å². The molecule has 2 unspecified atom stereocenters. The highest BCUT2D eigenvalue weighted by atomic mass is 16.6. The van der Waals surface area contributed by atoms with Crippen LogP contribution < -0.4 is 0 Å². The number of likely N-dealkylation sites (tertiary alicyclic amines) is 1. The smallest absolute Gasteiger partial charge is 0.329 e. The number of allylic oxidation sites excluding steroid dienone is 4.